The second kappa shape index (κ2) is 34.9. The molecule has 0 aromatic carbocycles. The zero-order valence-corrected chi connectivity index (χ0v) is 47.1. The summed E-state index contributed by atoms with van der Waals surface area (Å²) in [5.41, 5.74) is 0.581. The van der Waals surface area contributed by atoms with E-state index in [1.165, 1.54) is 49.9 Å². The molecule has 1 aromatic heterocycles. The van der Waals surface area contributed by atoms with Gasteiger partial charge in [-0.25, -0.2) is 4.98 Å². The van der Waals surface area contributed by atoms with Crippen molar-refractivity contribution in [3.05, 3.63) is 18.2 Å². The molecule has 1 aromatic rings. The molecule has 0 bridgehead atoms. The third kappa shape index (κ3) is 20.3. The number of H-pyrrole nitrogens is 1. The van der Waals surface area contributed by atoms with Gasteiger partial charge in [0.1, 0.15) is 48.8 Å². The van der Waals surface area contributed by atoms with E-state index in [0.717, 1.165) is 32.1 Å². The van der Waals surface area contributed by atoms with Crippen LogP contribution in [0.5, 0.6) is 0 Å². The third-order valence-electron chi connectivity index (χ3n) is 14.6. The first-order chi connectivity index (χ1) is 39.9. The molecule has 0 unspecified atom stereocenters. The number of aliphatic hydroxyl groups excluding tert-OH is 8. The molecule has 34 heteroatoms. The normalized spacial score (nSPS) is 20.5. The van der Waals surface area contributed by atoms with Gasteiger partial charge in [-0.3, -0.25) is 14.4 Å². The zero-order valence-electron chi connectivity index (χ0n) is 47.1. The number of aromatic nitrogens is 2. The summed E-state index contributed by atoms with van der Waals surface area (Å²) in [4.78, 5) is 45.0. The van der Waals surface area contributed by atoms with Crippen molar-refractivity contribution in [3.63, 3.8) is 0 Å². The van der Waals surface area contributed by atoms with Crippen LogP contribution < -0.4 is 16.0 Å². The van der Waals surface area contributed by atoms with Crippen LogP contribution in [0.15, 0.2) is 12.5 Å². The average molecular weight is 1290 g/mol. The predicted molar refractivity (Wildman–Crippen MR) is 271 cm³/mol. The first-order valence-corrected chi connectivity index (χ1v) is 28.4. The SMILES string of the molecule is CCCCCCCCCCCCNC(=O)[C@H](Cc1cnc[nH]1)NC(=O)CCCCCCCCCCC(F)(F)C(F)(F)C(F)(F)C(F)(F)C(F)(F)C(F)(F)C(F)(F)C(F)(F)CCCNC(=O)[C@H](O)[C@@H](O)[C@H](O[C@@H]1O[C@H](CO)[C@H](O)[C@H](O)[C@H]1O)[C@H](O)CO. The standard InChI is InChI=1S/C52H81F16N5O13/c1-2-3-4-5-6-7-10-13-16-19-24-70-42(83)32(26-31-27-69-30-72-31)73-35(77)21-17-14-11-8-9-12-15-18-22-45(53,54)47(57,58)49(61,62)51(65,66)52(67,68)50(63,64)48(59,60)46(55,56)23-20-25-71-43(84)39(81)38(80)41(33(76)28-74)86-44-40(82)37(79)36(78)34(29-75)85-44/h27,30,32-34,36-41,44,74-76,78-82H,2-26,28-29H2,1H3,(H,69,72)(H,70,83)(H,71,84)(H,73,77)/t32-,33+,34+,36-,37-,38+,39+,40+,41+,44-/m0/s1. The van der Waals surface area contributed by atoms with Crippen LogP contribution in [0.3, 0.4) is 0 Å². The van der Waals surface area contributed by atoms with Crippen LogP contribution in [0.1, 0.15) is 154 Å². The number of carbonyl (C=O) groups is 3. The lowest BCUT2D eigenvalue weighted by atomic mass is 9.86. The van der Waals surface area contributed by atoms with Gasteiger partial charge in [0.15, 0.2) is 12.4 Å². The first kappa shape index (κ1) is 78.2. The molecule has 0 aliphatic carbocycles. The Morgan fingerprint density at radius 3 is 1.51 bits per heavy atom. The molecule has 1 aliphatic rings. The lowest BCUT2D eigenvalue weighted by Gasteiger charge is -2.43. The number of imidazole rings is 1. The first-order valence-electron chi connectivity index (χ1n) is 28.4. The van der Waals surface area contributed by atoms with E-state index in [-0.39, 0.29) is 25.7 Å². The highest BCUT2D eigenvalue weighted by molar-refractivity contribution is 5.87. The number of amides is 3. The molecule has 1 fully saturated rings. The van der Waals surface area contributed by atoms with E-state index in [1.54, 1.807) is 0 Å². The van der Waals surface area contributed by atoms with Gasteiger partial charge in [0.2, 0.25) is 11.8 Å². The number of aliphatic hydroxyl groups is 8. The summed E-state index contributed by atoms with van der Waals surface area (Å²) in [6.07, 6.45) is -14.4. The Kier molecular flexibility index (Phi) is 31.7. The topological polar surface area (TPSA) is 296 Å². The monoisotopic (exact) mass is 1290 g/mol. The van der Waals surface area contributed by atoms with Gasteiger partial charge < -0.3 is 71.3 Å². The summed E-state index contributed by atoms with van der Waals surface area (Å²) in [5.74, 6) is -65.8. The van der Waals surface area contributed by atoms with Crippen LogP contribution in [-0.2, 0) is 30.3 Å². The van der Waals surface area contributed by atoms with Gasteiger partial charge >= 0.3 is 47.4 Å². The summed E-state index contributed by atoms with van der Waals surface area (Å²) in [6, 6.07) is -0.930. The van der Waals surface area contributed by atoms with Gasteiger partial charge in [0, 0.05) is 50.7 Å². The number of hydrogen-bond donors (Lipinski definition) is 12. The minimum Gasteiger partial charge on any atom is -0.394 e. The van der Waals surface area contributed by atoms with Gasteiger partial charge in [-0.2, -0.15) is 70.2 Å². The Bertz CT molecular complexity index is 2130. The van der Waals surface area contributed by atoms with Crippen LogP contribution in [-0.4, -0.2) is 203 Å². The molecule has 0 saturated carbocycles. The summed E-state index contributed by atoms with van der Waals surface area (Å²) in [7, 11) is 0. The van der Waals surface area contributed by atoms with Crippen molar-refractivity contribution in [1.29, 1.82) is 0 Å². The molecule has 86 heavy (non-hydrogen) atoms. The predicted octanol–water partition coefficient (Wildman–Crippen LogP) is 6.61. The summed E-state index contributed by atoms with van der Waals surface area (Å²) >= 11 is 0. The fourth-order valence-electron chi connectivity index (χ4n) is 9.09. The van der Waals surface area contributed by atoms with Gasteiger partial charge in [0.25, 0.3) is 5.91 Å². The van der Waals surface area contributed by atoms with Crippen molar-refractivity contribution >= 4 is 17.7 Å². The van der Waals surface area contributed by atoms with E-state index >= 15 is 0 Å². The summed E-state index contributed by atoms with van der Waals surface area (Å²) < 4.78 is 244. The Labute approximate surface area is 485 Å². The molecule has 1 aliphatic heterocycles. The van der Waals surface area contributed by atoms with Gasteiger partial charge in [-0.15, -0.1) is 0 Å². The number of hydrogen-bond acceptors (Lipinski definition) is 14. The summed E-state index contributed by atoms with van der Waals surface area (Å²) in [6.45, 7) is -1.43. The number of nitrogens with zero attached hydrogens (tertiary/aromatic N) is 1. The smallest absolute Gasteiger partial charge is 0.384 e. The van der Waals surface area contributed by atoms with E-state index in [4.69, 9.17) is 9.47 Å². The Morgan fingerprint density at radius 1 is 0.593 bits per heavy atom. The molecule has 10 atom stereocenters. The number of ether oxygens (including phenoxy) is 2. The molecule has 0 spiro atoms. The second-order valence-electron chi connectivity index (χ2n) is 21.4. The number of unbranched alkanes of at least 4 members (excludes halogenated alkanes) is 16. The van der Waals surface area contributed by atoms with Gasteiger partial charge in [0.05, 0.1) is 19.5 Å². The quantitative estimate of drug-likeness (QED) is 0.0242. The summed E-state index contributed by atoms with van der Waals surface area (Å²) in [5, 5.41) is 86.4. The Balaban J connectivity index is 1.91. The van der Waals surface area contributed by atoms with Crippen LogP contribution in [0.25, 0.3) is 0 Å². The molecular formula is C52H81F16N5O13. The molecule has 1 saturated heterocycles. The molecule has 18 nitrogen and oxygen atoms in total. The highest BCUT2D eigenvalue weighted by Gasteiger charge is 2.94. The highest BCUT2D eigenvalue weighted by Crippen LogP contribution is 2.64. The largest absolute Gasteiger partial charge is 0.394 e. The van der Waals surface area contributed by atoms with Crippen molar-refractivity contribution in [2.45, 2.75) is 263 Å². The molecule has 504 valence electrons. The average Bonchev–Trinajstić information content (AvgIpc) is 0.731. The lowest BCUT2D eigenvalue weighted by Crippen LogP contribution is -2.74. The number of rotatable bonds is 45. The van der Waals surface area contributed by atoms with Crippen LogP contribution >= 0.6 is 0 Å². The molecular weight excluding hydrogens is 1210 g/mol. The zero-order chi connectivity index (χ0) is 65.5. The number of alkyl halides is 16. The van der Waals surface area contributed by atoms with Crippen LogP contribution in [0.2, 0.25) is 0 Å². The number of nitrogens with one attached hydrogen (secondary N) is 4. The number of aromatic amines is 1. The fourth-order valence-corrected chi connectivity index (χ4v) is 9.09. The van der Waals surface area contributed by atoms with Crippen LogP contribution in [0, 0.1) is 0 Å². The van der Waals surface area contributed by atoms with Crippen molar-refractivity contribution in [2.24, 2.45) is 0 Å². The second-order valence-corrected chi connectivity index (χ2v) is 21.4. The maximum atomic E-state index is 14.6. The van der Waals surface area contributed by atoms with E-state index in [9.17, 15) is 125 Å². The minimum absolute atomic E-state index is 0.0201. The number of halogens is 16. The molecule has 3 amide bonds. The van der Waals surface area contributed by atoms with Gasteiger partial charge in [-0.05, 0) is 25.7 Å². The van der Waals surface area contributed by atoms with E-state index in [1.807, 2.05) is 0 Å². The molecule has 12 N–H and O–H groups in total. The molecule has 0 radical (unpaired) electrons. The third-order valence-corrected chi connectivity index (χ3v) is 14.6. The molecule has 2 rings (SSSR count). The lowest BCUT2D eigenvalue weighted by molar-refractivity contribution is -0.453. The van der Waals surface area contributed by atoms with Crippen LogP contribution in [0.4, 0.5) is 70.2 Å². The number of carbonyl (C=O) groups excluding carboxylic acids is 3. The van der Waals surface area contributed by atoms with Crippen molar-refractivity contribution < 1.29 is 135 Å². The maximum Gasteiger partial charge on any atom is 0.384 e. The van der Waals surface area contributed by atoms with Crippen molar-refractivity contribution in [2.75, 3.05) is 26.3 Å². The highest BCUT2D eigenvalue weighted by atomic mass is 19.4. The minimum atomic E-state index is -8.67. The van der Waals surface area contributed by atoms with E-state index in [0.29, 0.717) is 37.9 Å². The Hall–Kier alpha value is -3.90. The Morgan fingerprint density at radius 2 is 1.03 bits per heavy atom. The van der Waals surface area contributed by atoms with Crippen molar-refractivity contribution in [1.82, 2.24) is 25.9 Å². The van der Waals surface area contributed by atoms with Gasteiger partial charge in [-0.1, -0.05) is 103 Å². The van der Waals surface area contributed by atoms with E-state index < -0.39 is 178 Å². The van der Waals surface area contributed by atoms with Crippen molar-refractivity contribution in [3.8, 4) is 0 Å². The van der Waals surface area contributed by atoms with E-state index in [2.05, 4.69) is 27.5 Å². The maximum absolute atomic E-state index is 14.6. The fraction of sp³-hybridized carbons (Fsp3) is 0.885. The molecule has 2 heterocycles.